The lowest BCUT2D eigenvalue weighted by Crippen LogP contribution is -2.26. The zero-order chi connectivity index (χ0) is 17.4. The van der Waals surface area contributed by atoms with E-state index >= 15 is 0 Å². The molecule has 1 aromatic rings. The Morgan fingerprint density at radius 2 is 2.09 bits per heavy atom. The first-order valence-corrected chi connectivity index (χ1v) is 7.55. The molecule has 1 aromatic carbocycles. The molecule has 0 aromatic heterocycles. The summed E-state index contributed by atoms with van der Waals surface area (Å²) in [6.45, 7) is 5.82. The summed E-state index contributed by atoms with van der Waals surface area (Å²) in [6, 6.07) is 5.92. The fourth-order valence-corrected chi connectivity index (χ4v) is 2.36. The molecule has 0 aliphatic carbocycles. The molecule has 0 saturated heterocycles. The average Bonchev–Trinajstić information content (AvgIpc) is 2.49. The number of rotatable bonds is 7. The van der Waals surface area contributed by atoms with E-state index < -0.39 is 0 Å². The van der Waals surface area contributed by atoms with Crippen LogP contribution in [0.3, 0.4) is 0 Å². The number of carbonyl (C=O) groups is 1. The van der Waals surface area contributed by atoms with Gasteiger partial charge in [0, 0.05) is 30.7 Å². The summed E-state index contributed by atoms with van der Waals surface area (Å²) in [5.74, 6) is 6.12. The standard InChI is InChI=1S/C18H26N4O/c1-5-15(11-21-4)16(8-9-23)17-10-13(2)6-7-18(17)22(20)12-14(3)19/h6-12,21H,5,19-20H2,1-4H3/b14-12-,15-11-,16-8+. The Morgan fingerprint density at radius 3 is 2.61 bits per heavy atom. The van der Waals surface area contributed by atoms with Crippen molar-refractivity contribution in [1.82, 2.24) is 5.32 Å². The molecule has 0 radical (unpaired) electrons. The molecular weight excluding hydrogens is 288 g/mol. The largest absolute Gasteiger partial charge is 0.401 e. The van der Waals surface area contributed by atoms with Gasteiger partial charge in [-0.15, -0.1) is 0 Å². The third kappa shape index (κ3) is 5.00. The van der Waals surface area contributed by atoms with Gasteiger partial charge >= 0.3 is 0 Å². The van der Waals surface area contributed by atoms with E-state index in [1.54, 1.807) is 19.2 Å². The minimum Gasteiger partial charge on any atom is -0.401 e. The SMILES string of the molecule is CCC(=C/NC)/C(=C\C=O)c1cc(C)ccc1N(N)/C=C(/C)N. The Hall–Kier alpha value is -2.53. The zero-order valence-electron chi connectivity index (χ0n) is 14.3. The smallest absolute Gasteiger partial charge is 0.143 e. The number of anilines is 1. The van der Waals surface area contributed by atoms with Gasteiger partial charge in [0.05, 0.1) is 5.69 Å². The minimum atomic E-state index is 0.599. The number of hydrogen-bond acceptors (Lipinski definition) is 5. The molecule has 5 heteroatoms. The van der Waals surface area contributed by atoms with Crippen LogP contribution in [0, 0.1) is 6.92 Å². The van der Waals surface area contributed by atoms with Gasteiger partial charge < -0.3 is 11.1 Å². The van der Waals surface area contributed by atoms with E-state index in [1.165, 1.54) is 5.01 Å². The molecular formula is C18H26N4O. The molecule has 0 atom stereocenters. The number of hydrazine groups is 1. The highest BCUT2D eigenvalue weighted by atomic mass is 16.1. The number of nitrogens with one attached hydrogen (secondary N) is 1. The molecule has 23 heavy (non-hydrogen) atoms. The van der Waals surface area contributed by atoms with E-state index in [0.717, 1.165) is 40.7 Å². The Kier molecular flexibility index (Phi) is 7.09. The summed E-state index contributed by atoms with van der Waals surface area (Å²) in [7, 11) is 1.83. The van der Waals surface area contributed by atoms with Crippen LogP contribution in [-0.4, -0.2) is 13.3 Å². The molecule has 0 bridgehead atoms. The number of aldehydes is 1. The first kappa shape index (κ1) is 18.5. The van der Waals surface area contributed by atoms with E-state index in [2.05, 4.69) is 5.32 Å². The maximum absolute atomic E-state index is 11.2. The van der Waals surface area contributed by atoms with Crippen LogP contribution >= 0.6 is 0 Å². The highest BCUT2D eigenvalue weighted by Crippen LogP contribution is 2.33. The van der Waals surface area contributed by atoms with Gasteiger partial charge in [-0.25, -0.2) is 5.84 Å². The minimum absolute atomic E-state index is 0.599. The number of aryl methyl sites for hydroxylation is 1. The predicted molar refractivity (Wildman–Crippen MR) is 97.3 cm³/mol. The summed E-state index contributed by atoms with van der Waals surface area (Å²) in [4.78, 5) is 11.2. The lowest BCUT2D eigenvalue weighted by atomic mass is 9.93. The maximum atomic E-state index is 11.2. The van der Waals surface area contributed by atoms with Crippen LogP contribution in [0.15, 0.2) is 47.9 Å². The molecule has 0 aliphatic rings. The van der Waals surface area contributed by atoms with Crippen molar-refractivity contribution in [2.75, 3.05) is 12.1 Å². The second-order valence-corrected chi connectivity index (χ2v) is 5.33. The van der Waals surface area contributed by atoms with Gasteiger partial charge in [0.1, 0.15) is 6.29 Å². The highest BCUT2D eigenvalue weighted by molar-refractivity contribution is 5.93. The molecule has 5 nitrogen and oxygen atoms in total. The molecule has 0 heterocycles. The number of carbonyl (C=O) groups excluding carboxylic acids is 1. The van der Waals surface area contributed by atoms with Crippen molar-refractivity contribution < 1.29 is 4.79 Å². The molecule has 5 N–H and O–H groups in total. The van der Waals surface area contributed by atoms with Gasteiger partial charge in [0.25, 0.3) is 0 Å². The van der Waals surface area contributed by atoms with Crippen LogP contribution < -0.4 is 21.9 Å². The van der Waals surface area contributed by atoms with Crippen molar-refractivity contribution in [2.45, 2.75) is 27.2 Å². The van der Waals surface area contributed by atoms with Crippen LogP contribution in [0.4, 0.5) is 5.69 Å². The first-order chi connectivity index (χ1) is 10.9. The summed E-state index contributed by atoms with van der Waals surface area (Å²) in [6.07, 6.45) is 6.69. The van der Waals surface area contributed by atoms with E-state index in [0.29, 0.717) is 5.70 Å². The number of nitrogens with two attached hydrogens (primary N) is 2. The zero-order valence-corrected chi connectivity index (χ0v) is 14.3. The van der Waals surface area contributed by atoms with Crippen LogP contribution in [0.2, 0.25) is 0 Å². The fraction of sp³-hybridized carbons (Fsp3) is 0.278. The average molecular weight is 314 g/mol. The molecule has 124 valence electrons. The van der Waals surface area contributed by atoms with Crippen molar-refractivity contribution in [3.8, 4) is 0 Å². The van der Waals surface area contributed by atoms with Crippen LogP contribution in [0.25, 0.3) is 5.57 Å². The maximum Gasteiger partial charge on any atom is 0.143 e. The third-order valence-corrected chi connectivity index (χ3v) is 3.34. The van der Waals surface area contributed by atoms with Crippen molar-refractivity contribution in [2.24, 2.45) is 11.6 Å². The fourth-order valence-electron chi connectivity index (χ4n) is 2.36. The van der Waals surface area contributed by atoms with E-state index in [9.17, 15) is 4.79 Å². The lowest BCUT2D eigenvalue weighted by molar-refractivity contribution is -0.104. The molecule has 0 saturated carbocycles. The summed E-state index contributed by atoms with van der Waals surface area (Å²) in [5, 5.41) is 4.51. The Labute approximate surface area is 138 Å². The molecule has 0 aliphatic heterocycles. The van der Waals surface area contributed by atoms with Gasteiger partial charge in [0.15, 0.2) is 0 Å². The highest BCUT2D eigenvalue weighted by Gasteiger charge is 2.14. The number of hydrogen-bond donors (Lipinski definition) is 3. The number of allylic oxidation sites excluding steroid dienone is 4. The van der Waals surface area contributed by atoms with Crippen molar-refractivity contribution in [3.63, 3.8) is 0 Å². The lowest BCUT2D eigenvalue weighted by Gasteiger charge is -2.22. The van der Waals surface area contributed by atoms with Crippen LogP contribution in [0.5, 0.6) is 0 Å². The Morgan fingerprint density at radius 1 is 1.39 bits per heavy atom. The first-order valence-electron chi connectivity index (χ1n) is 7.55. The Balaban J connectivity index is 3.56. The van der Waals surface area contributed by atoms with Gasteiger partial charge in [-0.1, -0.05) is 18.6 Å². The topological polar surface area (TPSA) is 84.4 Å². The summed E-state index contributed by atoms with van der Waals surface area (Å²) in [5.41, 5.74) is 10.9. The predicted octanol–water partition coefficient (Wildman–Crippen LogP) is 2.59. The summed E-state index contributed by atoms with van der Waals surface area (Å²) >= 11 is 0. The second kappa shape index (κ2) is 8.80. The van der Waals surface area contributed by atoms with Crippen LogP contribution in [0.1, 0.15) is 31.4 Å². The van der Waals surface area contributed by atoms with E-state index in [4.69, 9.17) is 11.6 Å². The van der Waals surface area contributed by atoms with Gasteiger partial charge in [-0.2, -0.15) is 0 Å². The second-order valence-electron chi connectivity index (χ2n) is 5.33. The monoisotopic (exact) mass is 314 g/mol. The van der Waals surface area contributed by atoms with Crippen LogP contribution in [-0.2, 0) is 4.79 Å². The third-order valence-electron chi connectivity index (χ3n) is 3.34. The number of benzene rings is 1. The van der Waals surface area contributed by atoms with E-state index in [-0.39, 0.29) is 0 Å². The molecule has 0 spiro atoms. The molecule has 0 unspecified atom stereocenters. The number of nitrogens with zero attached hydrogens (tertiary/aromatic N) is 1. The normalized spacial score (nSPS) is 13.0. The summed E-state index contributed by atoms with van der Waals surface area (Å²) < 4.78 is 0. The molecule has 0 fully saturated rings. The molecule has 1 rings (SSSR count). The van der Waals surface area contributed by atoms with Crippen molar-refractivity contribution in [1.29, 1.82) is 0 Å². The van der Waals surface area contributed by atoms with Gasteiger partial charge in [0.2, 0.25) is 0 Å². The van der Waals surface area contributed by atoms with Gasteiger partial charge in [-0.05, 0) is 49.6 Å². The van der Waals surface area contributed by atoms with Crippen molar-refractivity contribution in [3.05, 3.63) is 59.1 Å². The van der Waals surface area contributed by atoms with Gasteiger partial charge in [-0.3, -0.25) is 9.80 Å². The van der Waals surface area contributed by atoms with E-state index in [1.807, 2.05) is 45.3 Å². The quantitative estimate of drug-likeness (QED) is 0.237. The Bertz CT molecular complexity index is 640. The molecule has 0 amide bonds. The van der Waals surface area contributed by atoms with Crippen molar-refractivity contribution >= 4 is 17.5 Å².